The van der Waals surface area contributed by atoms with Crippen molar-refractivity contribution in [2.45, 2.75) is 46.0 Å². The molecule has 1 aliphatic heterocycles. The van der Waals surface area contributed by atoms with Gasteiger partial charge in [-0.05, 0) is 66.2 Å². The van der Waals surface area contributed by atoms with Crippen molar-refractivity contribution >= 4 is 5.70 Å². The summed E-state index contributed by atoms with van der Waals surface area (Å²) < 4.78 is 0. The van der Waals surface area contributed by atoms with Crippen LogP contribution in [0.4, 0.5) is 0 Å². The molecule has 2 nitrogen and oxygen atoms in total. The van der Waals surface area contributed by atoms with Crippen molar-refractivity contribution in [2.24, 2.45) is 17.3 Å². The molecule has 2 saturated carbocycles. The molecule has 3 fully saturated rings. The van der Waals surface area contributed by atoms with E-state index in [9.17, 15) is 0 Å². The monoisotopic (exact) mass is 452 g/mol. The van der Waals surface area contributed by atoms with Crippen molar-refractivity contribution < 1.29 is 0 Å². The molecule has 0 amide bonds. The Morgan fingerprint density at radius 1 is 0.882 bits per heavy atom. The summed E-state index contributed by atoms with van der Waals surface area (Å²) in [5.74, 6) is 1.59. The van der Waals surface area contributed by atoms with Crippen LogP contribution in [0.1, 0.15) is 50.7 Å². The van der Waals surface area contributed by atoms with E-state index in [1.165, 1.54) is 59.2 Å². The van der Waals surface area contributed by atoms with Gasteiger partial charge in [-0.3, -0.25) is 0 Å². The zero-order valence-electron chi connectivity index (χ0n) is 21.2. The summed E-state index contributed by atoms with van der Waals surface area (Å²) in [5.41, 5.74) is 9.38. The smallest absolute Gasteiger partial charge is 0.0368 e. The minimum absolute atomic E-state index is 0.370. The van der Waals surface area contributed by atoms with Crippen molar-refractivity contribution in [2.75, 3.05) is 26.2 Å². The number of allylic oxidation sites excluding steroid dienone is 2. The van der Waals surface area contributed by atoms with Crippen LogP contribution in [0.5, 0.6) is 0 Å². The summed E-state index contributed by atoms with van der Waals surface area (Å²) in [6.07, 6.45) is 6.21. The van der Waals surface area contributed by atoms with E-state index in [1.807, 2.05) is 0 Å². The minimum Gasteiger partial charge on any atom is -0.371 e. The van der Waals surface area contributed by atoms with E-state index in [4.69, 9.17) is 0 Å². The van der Waals surface area contributed by atoms with Crippen LogP contribution in [0.25, 0.3) is 16.8 Å². The fourth-order valence-electron chi connectivity index (χ4n) is 5.64. The predicted octanol–water partition coefficient (Wildman–Crippen LogP) is 7.40. The minimum atomic E-state index is 0.370. The number of rotatable bonds is 8. The van der Waals surface area contributed by atoms with E-state index >= 15 is 0 Å². The molecule has 0 bridgehead atoms. The van der Waals surface area contributed by atoms with Crippen LogP contribution in [-0.4, -0.2) is 36.0 Å². The first-order chi connectivity index (χ1) is 16.3. The van der Waals surface area contributed by atoms with E-state index in [-0.39, 0.29) is 0 Å². The third-order valence-corrected chi connectivity index (χ3v) is 8.60. The molecule has 0 unspecified atom stereocenters. The highest BCUT2D eigenvalue weighted by molar-refractivity contribution is 5.69. The maximum Gasteiger partial charge on any atom is 0.0368 e. The molecule has 34 heavy (non-hydrogen) atoms. The van der Waals surface area contributed by atoms with Gasteiger partial charge in [0.05, 0.1) is 0 Å². The number of piperazine rings is 1. The highest BCUT2D eigenvalue weighted by Crippen LogP contribution is 2.51. The van der Waals surface area contributed by atoms with Crippen LogP contribution in [-0.2, 0) is 6.42 Å². The molecule has 0 spiro atoms. The second-order valence-electron chi connectivity index (χ2n) is 11.3. The van der Waals surface area contributed by atoms with Gasteiger partial charge in [0.25, 0.3) is 0 Å². The molecule has 2 aliphatic carbocycles. The zero-order chi connectivity index (χ0) is 23.9. The van der Waals surface area contributed by atoms with Gasteiger partial charge in [-0.1, -0.05) is 87.7 Å². The molecule has 1 heterocycles. The zero-order valence-corrected chi connectivity index (χ0v) is 21.2. The van der Waals surface area contributed by atoms with Gasteiger partial charge >= 0.3 is 0 Å². The summed E-state index contributed by atoms with van der Waals surface area (Å²) in [6, 6.07) is 17.9. The topological polar surface area (TPSA) is 6.48 Å². The lowest BCUT2D eigenvalue weighted by Gasteiger charge is -2.40. The van der Waals surface area contributed by atoms with Crippen LogP contribution < -0.4 is 0 Å². The highest BCUT2D eigenvalue weighted by atomic mass is 15.3. The second-order valence-corrected chi connectivity index (χ2v) is 11.3. The Hall–Kier alpha value is -2.74. The fourth-order valence-corrected chi connectivity index (χ4v) is 5.64. The molecule has 0 aromatic heterocycles. The summed E-state index contributed by atoms with van der Waals surface area (Å²) >= 11 is 0. The Bertz CT molecular complexity index is 1070. The van der Waals surface area contributed by atoms with Crippen LogP contribution in [0.15, 0.2) is 79.5 Å². The summed E-state index contributed by atoms with van der Waals surface area (Å²) in [7, 11) is 0. The number of hydrogen-bond donors (Lipinski definition) is 0. The summed E-state index contributed by atoms with van der Waals surface area (Å²) in [6.45, 7) is 22.0. The maximum absolute atomic E-state index is 4.44. The van der Waals surface area contributed by atoms with Crippen molar-refractivity contribution in [1.82, 2.24) is 9.80 Å². The normalized spacial score (nSPS) is 23.2. The lowest BCUT2D eigenvalue weighted by atomic mass is 9.71. The third-order valence-electron chi connectivity index (χ3n) is 8.60. The van der Waals surface area contributed by atoms with E-state index in [0.717, 1.165) is 50.1 Å². The first kappa shape index (κ1) is 23.0. The van der Waals surface area contributed by atoms with Gasteiger partial charge in [0, 0.05) is 43.0 Å². The van der Waals surface area contributed by atoms with Gasteiger partial charge in [0.2, 0.25) is 0 Å². The fraction of sp³-hybridized carbons (Fsp3) is 0.438. The Morgan fingerprint density at radius 3 is 2.15 bits per heavy atom. The Labute approximate surface area is 206 Å². The molecule has 1 saturated heterocycles. The Balaban J connectivity index is 1.19. The molecule has 2 aromatic rings. The quantitative estimate of drug-likeness (QED) is 0.385. The molecule has 0 radical (unpaired) electrons. The van der Waals surface area contributed by atoms with Crippen molar-refractivity contribution in [3.05, 3.63) is 90.7 Å². The molecule has 0 atom stereocenters. The number of hydrogen-bond acceptors (Lipinski definition) is 2. The van der Waals surface area contributed by atoms with Crippen LogP contribution in [0.3, 0.4) is 0 Å². The molecule has 0 N–H and O–H groups in total. The molecular formula is C32H40N2. The van der Waals surface area contributed by atoms with E-state index in [0.29, 0.717) is 5.41 Å². The van der Waals surface area contributed by atoms with Gasteiger partial charge in [0.1, 0.15) is 0 Å². The average Bonchev–Trinajstić information content (AvgIpc) is 3.60. The van der Waals surface area contributed by atoms with Crippen molar-refractivity contribution in [3.63, 3.8) is 0 Å². The van der Waals surface area contributed by atoms with Crippen molar-refractivity contribution in [1.29, 1.82) is 0 Å². The summed E-state index contributed by atoms with van der Waals surface area (Å²) in [5, 5.41) is 0. The number of benzene rings is 2. The third kappa shape index (κ3) is 4.73. The molecule has 2 aromatic carbocycles. The van der Waals surface area contributed by atoms with E-state index in [1.54, 1.807) is 0 Å². The van der Waals surface area contributed by atoms with E-state index < -0.39 is 0 Å². The lowest BCUT2D eigenvalue weighted by Crippen LogP contribution is -2.45. The molecular weight excluding hydrogens is 412 g/mol. The van der Waals surface area contributed by atoms with Gasteiger partial charge in [-0.25, -0.2) is 0 Å². The first-order valence-electron chi connectivity index (χ1n) is 13.1. The van der Waals surface area contributed by atoms with Gasteiger partial charge in [-0.15, -0.1) is 0 Å². The summed E-state index contributed by atoms with van der Waals surface area (Å²) in [4.78, 5) is 4.93. The molecule has 2 heteroatoms. The number of nitrogens with zero attached hydrogens (tertiary/aromatic N) is 2. The van der Waals surface area contributed by atoms with E-state index in [2.05, 4.69) is 91.9 Å². The highest BCUT2D eigenvalue weighted by Gasteiger charge is 2.42. The average molecular weight is 453 g/mol. The molecule has 5 rings (SSSR count). The largest absolute Gasteiger partial charge is 0.371 e. The van der Waals surface area contributed by atoms with Gasteiger partial charge in [-0.2, -0.15) is 0 Å². The molecule has 178 valence electrons. The van der Waals surface area contributed by atoms with Crippen LogP contribution >= 0.6 is 0 Å². The van der Waals surface area contributed by atoms with Crippen molar-refractivity contribution in [3.8, 4) is 11.1 Å². The molecule has 3 aliphatic rings. The van der Waals surface area contributed by atoms with Crippen LogP contribution in [0, 0.1) is 17.3 Å². The SMILES string of the molecule is C=C(Cc1cccc(-c2ccc(C(=C)N3CCN(C(=C)C4(C)CC4)CC3)cc2)c1)C1CC(C)C1. The van der Waals surface area contributed by atoms with Gasteiger partial charge < -0.3 is 9.80 Å². The lowest BCUT2D eigenvalue weighted by molar-refractivity contribution is 0.196. The maximum atomic E-state index is 4.44. The van der Waals surface area contributed by atoms with Gasteiger partial charge in [0.15, 0.2) is 0 Å². The second kappa shape index (κ2) is 9.13. The Morgan fingerprint density at radius 2 is 1.53 bits per heavy atom. The Kier molecular flexibility index (Phi) is 6.18. The standard InChI is InChI=1S/C32H40N2/c1-23-19-31(20-23)24(2)21-27-7-6-8-30(22-27)29-11-9-28(10-12-29)25(3)33-15-17-34(18-16-33)26(4)32(5)13-14-32/h6-12,22-23,31H,2-4,13-21H2,1,5H3. The first-order valence-corrected chi connectivity index (χ1v) is 13.1. The predicted molar refractivity (Wildman–Crippen MR) is 145 cm³/mol. The van der Waals surface area contributed by atoms with Crippen LogP contribution in [0.2, 0.25) is 0 Å².